The summed E-state index contributed by atoms with van der Waals surface area (Å²) in [6.07, 6.45) is 1.68. The average Bonchev–Trinajstić information content (AvgIpc) is 2.80. The monoisotopic (exact) mass is 242 g/mol. The Morgan fingerprint density at radius 3 is 2.89 bits per heavy atom. The van der Waals surface area contributed by atoms with E-state index in [1.165, 1.54) is 0 Å². The molecule has 90 valence electrons. The first-order chi connectivity index (χ1) is 8.85. The number of rotatable bonds is 5. The molecule has 1 aromatic heterocycles. The first-order valence-electron chi connectivity index (χ1n) is 5.30. The fraction of sp³-hybridized carbons (Fsp3) is 0.300. The minimum Gasteiger partial charge on any atom is -0.330 e. The van der Waals surface area contributed by atoms with Gasteiger partial charge in [-0.2, -0.15) is 0 Å². The maximum Gasteiger partial charge on any atom is 0.0958 e. The first kappa shape index (κ1) is 11.8. The second-order valence-corrected chi connectivity index (χ2v) is 3.66. The molecule has 0 aliphatic carbocycles. The third-order valence-corrected chi connectivity index (χ3v) is 2.51. The smallest absolute Gasteiger partial charge is 0.0958 e. The Hall–Kier alpha value is -2.69. The van der Waals surface area contributed by atoms with Gasteiger partial charge >= 0.3 is 0 Å². The van der Waals surface area contributed by atoms with Crippen LogP contribution in [0, 0.1) is 0 Å². The van der Waals surface area contributed by atoms with Crippen molar-refractivity contribution in [2.75, 3.05) is 6.54 Å². The lowest BCUT2D eigenvalue weighted by atomic mass is 10.3. The van der Waals surface area contributed by atoms with Gasteiger partial charge in [-0.05, 0) is 23.2 Å². The molecule has 1 aromatic carbocycles. The molecule has 0 spiro atoms. The normalized spacial score (nSPS) is 11.6. The van der Waals surface area contributed by atoms with E-state index in [2.05, 4.69) is 25.0 Å². The van der Waals surface area contributed by atoms with Gasteiger partial charge in [-0.25, -0.2) is 4.98 Å². The number of imidazole rings is 1. The van der Waals surface area contributed by atoms with Gasteiger partial charge in [-0.3, -0.25) is 0 Å². The van der Waals surface area contributed by atoms with Gasteiger partial charge in [0.25, 0.3) is 0 Å². The number of fused-ring (bicyclic) bond motifs is 1. The van der Waals surface area contributed by atoms with Crippen LogP contribution in [0.5, 0.6) is 0 Å². The highest BCUT2D eigenvalue weighted by molar-refractivity contribution is 5.74. The summed E-state index contributed by atoms with van der Waals surface area (Å²) < 4.78 is 1.88. The summed E-state index contributed by atoms with van der Waals surface area (Å²) >= 11 is 0. The molecule has 1 unspecified atom stereocenters. The molecule has 0 aliphatic heterocycles. The molecule has 8 heteroatoms. The highest BCUT2D eigenvalue weighted by atomic mass is 15.2. The van der Waals surface area contributed by atoms with Crippen molar-refractivity contribution >= 4 is 11.0 Å². The Morgan fingerprint density at radius 2 is 2.11 bits per heavy atom. The van der Waals surface area contributed by atoms with Gasteiger partial charge in [-0.1, -0.05) is 22.4 Å². The molecule has 0 fully saturated rings. The van der Waals surface area contributed by atoms with Gasteiger partial charge in [0.15, 0.2) is 0 Å². The third kappa shape index (κ3) is 2.52. The Labute approximate surface area is 102 Å². The van der Waals surface area contributed by atoms with E-state index < -0.39 is 6.04 Å². The van der Waals surface area contributed by atoms with E-state index in [1.807, 2.05) is 28.8 Å². The SMILES string of the molecule is [N-]=[N+]=NCC(Cn1cnc2ccccc21)N=[N+]=[N-]. The van der Waals surface area contributed by atoms with Crippen LogP contribution < -0.4 is 0 Å². The number of hydrogen-bond acceptors (Lipinski definition) is 3. The maximum absolute atomic E-state index is 8.48. The van der Waals surface area contributed by atoms with Crippen LogP contribution in [-0.2, 0) is 6.54 Å². The van der Waals surface area contributed by atoms with E-state index in [4.69, 9.17) is 11.1 Å². The predicted molar refractivity (Wildman–Crippen MR) is 66.7 cm³/mol. The Kier molecular flexibility index (Phi) is 3.66. The average molecular weight is 242 g/mol. The number of aromatic nitrogens is 2. The van der Waals surface area contributed by atoms with Gasteiger partial charge in [0.2, 0.25) is 0 Å². The van der Waals surface area contributed by atoms with Crippen LogP contribution in [-0.4, -0.2) is 22.1 Å². The number of azide groups is 2. The fourth-order valence-corrected chi connectivity index (χ4v) is 1.72. The van der Waals surface area contributed by atoms with Gasteiger partial charge in [0.1, 0.15) is 0 Å². The molecule has 0 bridgehead atoms. The van der Waals surface area contributed by atoms with Gasteiger partial charge in [0, 0.05) is 22.9 Å². The second-order valence-electron chi connectivity index (χ2n) is 3.66. The summed E-state index contributed by atoms with van der Waals surface area (Å²) in [4.78, 5) is 9.66. The molecule has 0 saturated carbocycles. The van der Waals surface area contributed by atoms with Crippen molar-refractivity contribution in [2.45, 2.75) is 12.6 Å². The quantitative estimate of drug-likeness (QED) is 0.447. The highest BCUT2D eigenvalue weighted by Gasteiger charge is 2.08. The number of benzene rings is 1. The van der Waals surface area contributed by atoms with E-state index in [-0.39, 0.29) is 6.54 Å². The molecule has 2 rings (SSSR count). The molecule has 0 radical (unpaired) electrons. The van der Waals surface area contributed by atoms with E-state index in [9.17, 15) is 0 Å². The molecule has 0 aliphatic rings. The van der Waals surface area contributed by atoms with Crippen LogP contribution >= 0.6 is 0 Å². The van der Waals surface area contributed by atoms with Crippen molar-refractivity contribution in [3.05, 3.63) is 51.5 Å². The van der Waals surface area contributed by atoms with Gasteiger partial charge < -0.3 is 4.57 Å². The molecule has 0 amide bonds. The zero-order valence-corrected chi connectivity index (χ0v) is 9.46. The number of para-hydroxylation sites is 2. The van der Waals surface area contributed by atoms with Crippen LogP contribution in [0.4, 0.5) is 0 Å². The summed E-state index contributed by atoms with van der Waals surface area (Å²) in [5.41, 5.74) is 18.6. The minimum atomic E-state index is -0.413. The van der Waals surface area contributed by atoms with E-state index in [0.29, 0.717) is 6.54 Å². The van der Waals surface area contributed by atoms with Crippen LogP contribution in [0.1, 0.15) is 0 Å². The van der Waals surface area contributed by atoms with Crippen molar-refractivity contribution in [3.8, 4) is 0 Å². The van der Waals surface area contributed by atoms with Crippen LogP contribution in [0.2, 0.25) is 0 Å². The Balaban J connectivity index is 2.25. The lowest BCUT2D eigenvalue weighted by molar-refractivity contribution is 0.566. The zero-order valence-electron chi connectivity index (χ0n) is 9.46. The Morgan fingerprint density at radius 1 is 1.28 bits per heavy atom. The van der Waals surface area contributed by atoms with Crippen LogP contribution in [0.25, 0.3) is 31.9 Å². The number of nitrogens with zero attached hydrogens (tertiary/aromatic N) is 8. The van der Waals surface area contributed by atoms with Crippen molar-refractivity contribution in [2.24, 2.45) is 10.2 Å². The fourth-order valence-electron chi connectivity index (χ4n) is 1.72. The molecule has 0 N–H and O–H groups in total. The molecule has 18 heavy (non-hydrogen) atoms. The zero-order chi connectivity index (χ0) is 12.8. The molecule has 2 aromatic rings. The van der Waals surface area contributed by atoms with Crippen LogP contribution in [0.15, 0.2) is 40.8 Å². The lowest BCUT2D eigenvalue weighted by Gasteiger charge is -2.09. The van der Waals surface area contributed by atoms with E-state index in [0.717, 1.165) is 11.0 Å². The molecule has 1 heterocycles. The summed E-state index contributed by atoms with van der Waals surface area (Å²) in [7, 11) is 0. The highest BCUT2D eigenvalue weighted by Crippen LogP contribution is 2.13. The molecular weight excluding hydrogens is 232 g/mol. The molecular formula is C10H10N8. The van der Waals surface area contributed by atoms with Gasteiger partial charge in [-0.15, -0.1) is 0 Å². The molecule has 0 saturated heterocycles. The van der Waals surface area contributed by atoms with E-state index in [1.54, 1.807) is 6.33 Å². The van der Waals surface area contributed by atoms with Crippen molar-refractivity contribution in [3.63, 3.8) is 0 Å². The largest absolute Gasteiger partial charge is 0.330 e. The summed E-state index contributed by atoms with van der Waals surface area (Å²) in [5.74, 6) is 0. The summed E-state index contributed by atoms with van der Waals surface area (Å²) in [6, 6.07) is 7.25. The number of hydrogen-bond donors (Lipinski definition) is 0. The molecule has 8 nitrogen and oxygen atoms in total. The summed E-state index contributed by atoms with van der Waals surface area (Å²) in [5, 5.41) is 7.04. The van der Waals surface area contributed by atoms with Crippen molar-refractivity contribution in [1.29, 1.82) is 0 Å². The Bertz CT molecular complexity index is 632. The van der Waals surface area contributed by atoms with Crippen molar-refractivity contribution < 1.29 is 0 Å². The summed E-state index contributed by atoms with van der Waals surface area (Å²) in [6.45, 7) is 0.566. The minimum absolute atomic E-state index is 0.132. The molecule has 1 atom stereocenters. The topological polar surface area (TPSA) is 115 Å². The maximum atomic E-state index is 8.48. The van der Waals surface area contributed by atoms with Crippen LogP contribution in [0.3, 0.4) is 0 Å². The van der Waals surface area contributed by atoms with Gasteiger partial charge in [0.05, 0.1) is 23.4 Å². The predicted octanol–water partition coefficient (Wildman–Crippen LogP) is 3.03. The second kappa shape index (κ2) is 5.58. The lowest BCUT2D eigenvalue weighted by Crippen LogP contribution is -2.16. The third-order valence-electron chi connectivity index (χ3n) is 2.51. The van der Waals surface area contributed by atoms with E-state index >= 15 is 0 Å². The first-order valence-corrected chi connectivity index (χ1v) is 5.30. The van der Waals surface area contributed by atoms with Crippen molar-refractivity contribution in [1.82, 2.24) is 9.55 Å². The standard InChI is InChI=1S/C10H10N8/c11-16-14-5-8(15-17-12)6-18-7-13-9-3-1-2-4-10(9)18/h1-4,7-8H,5-6H2.